The summed E-state index contributed by atoms with van der Waals surface area (Å²) >= 11 is 0. The SMILES string of the molecule is CCOC(=O)[C@H](/C=C1/C(=O)[C@@]2(C)CC[C@@H]1C2(C)C)CC(C)C. The zero-order valence-electron chi connectivity index (χ0n) is 14.9. The van der Waals surface area contributed by atoms with E-state index in [-0.39, 0.29) is 34.4 Å². The normalized spacial score (nSPS) is 32.8. The number of fused-ring (bicyclic) bond motifs is 2. The van der Waals surface area contributed by atoms with Gasteiger partial charge >= 0.3 is 5.97 Å². The monoisotopic (exact) mass is 306 g/mol. The van der Waals surface area contributed by atoms with Gasteiger partial charge in [0, 0.05) is 5.41 Å². The van der Waals surface area contributed by atoms with Crippen molar-refractivity contribution in [3.05, 3.63) is 11.6 Å². The summed E-state index contributed by atoms with van der Waals surface area (Å²) in [5.74, 6) is 0.448. The number of rotatable bonds is 5. The minimum atomic E-state index is -0.294. The van der Waals surface area contributed by atoms with E-state index in [4.69, 9.17) is 4.74 Å². The van der Waals surface area contributed by atoms with Gasteiger partial charge in [-0.25, -0.2) is 0 Å². The minimum absolute atomic E-state index is 0.00699. The van der Waals surface area contributed by atoms with Crippen LogP contribution in [-0.2, 0) is 14.3 Å². The molecule has 2 rings (SSSR count). The Bertz CT molecular complexity index is 501. The van der Waals surface area contributed by atoms with E-state index in [0.29, 0.717) is 12.5 Å². The van der Waals surface area contributed by atoms with Crippen molar-refractivity contribution in [1.29, 1.82) is 0 Å². The summed E-state index contributed by atoms with van der Waals surface area (Å²) in [6.07, 6.45) is 4.70. The predicted molar refractivity (Wildman–Crippen MR) is 87.3 cm³/mol. The van der Waals surface area contributed by atoms with Crippen molar-refractivity contribution in [2.75, 3.05) is 6.61 Å². The van der Waals surface area contributed by atoms with Gasteiger partial charge in [0.2, 0.25) is 0 Å². The molecule has 0 spiro atoms. The standard InChI is InChI=1S/C19H30O3/c1-7-22-17(21)13(10-12(2)3)11-14-15-8-9-19(6,16(14)20)18(15,4)5/h11-13,15H,7-10H2,1-6H3/b14-11+/t13-,15-,19+/m0/s1. The molecule has 0 unspecified atom stereocenters. The van der Waals surface area contributed by atoms with E-state index in [9.17, 15) is 9.59 Å². The van der Waals surface area contributed by atoms with Gasteiger partial charge < -0.3 is 4.74 Å². The van der Waals surface area contributed by atoms with Crippen LogP contribution in [0.25, 0.3) is 0 Å². The first-order chi connectivity index (χ1) is 10.1. The molecule has 2 aliphatic rings. The van der Waals surface area contributed by atoms with Crippen molar-refractivity contribution in [1.82, 2.24) is 0 Å². The highest BCUT2D eigenvalue weighted by Crippen LogP contribution is 2.65. The van der Waals surface area contributed by atoms with E-state index >= 15 is 0 Å². The fourth-order valence-electron chi connectivity index (χ4n) is 4.33. The van der Waals surface area contributed by atoms with Crippen LogP contribution >= 0.6 is 0 Å². The molecule has 3 nitrogen and oxygen atoms in total. The van der Waals surface area contributed by atoms with Crippen molar-refractivity contribution in [2.24, 2.45) is 28.6 Å². The Hall–Kier alpha value is -1.12. The molecule has 0 aromatic heterocycles. The number of hydrogen-bond donors (Lipinski definition) is 0. The third kappa shape index (κ3) is 2.53. The third-order valence-corrected chi connectivity index (χ3v) is 6.06. The molecule has 0 aromatic rings. The smallest absolute Gasteiger partial charge is 0.312 e. The second kappa shape index (κ2) is 5.82. The molecule has 3 heteroatoms. The van der Waals surface area contributed by atoms with E-state index < -0.39 is 0 Å². The maximum Gasteiger partial charge on any atom is 0.312 e. The molecule has 2 aliphatic carbocycles. The van der Waals surface area contributed by atoms with Crippen LogP contribution < -0.4 is 0 Å². The Balaban J connectivity index is 2.33. The molecule has 22 heavy (non-hydrogen) atoms. The Morgan fingerprint density at radius 2 is 2.00 bits per heavy atom. The highest BCUT2D eigenvalue weighted by Gasteiger charge is 2.63. The Morgan fingerprint density at radius 1 is 1.36 bits per heavy atom. The number of esters is 1. The molecule has 3 atom stereocenters. The molecule has 2 saturated carbocycles. The highest BCUT2D eigenvalue weighted by atomic mass is 16.5. The summed E-state index contributed by atoms with van der Waals surface area (Å²) in [4.78, 5) is 25.1. The van der Waals surface area contributed by atoms with Crippen LogP contribution in [0.1, 0.15) is 60.8 Å². The molecule has 0 N–H and O–H groups in total. The minimum Gasteiger partial charge on any atom is -0.466 e. The summed E-state index contributed by atoms with van der Waals surface area (Å²) in [7, 11) is 0. The molecular formula is C19H30O3. The highest BCUT2D eigenvalue weighted by molar-refractivity contribution is 6.05. The van der Waals surface area contributed by atoms with Crippen LogP contribution in [0.4, 0.5) is 0 Å². The molecule has 0 amide bonds. The zero-order chi connectivity index (χ0) is 16.7. The van der Waals surface area contributed by atoms with Gasteiger partial charge in [0.25, 0.3) is 0 Å². The molecule has 0 radical (unpaired) electrons. The van der Waals surface area contributed by atoms with E-state index in [2.05, 4.69) is 34.6 Å². The second-order valence-electron chi connectivity index (χ2n) is 8.08. The molecule has 2 bridgehead atoms. The fourth-order valence-corrected chi connectivity index (χ4v) is 4.33. The number of ketones is 1. The molecule has 0 aliphatic heterocycles. The fraction of sp³-hybridized carbons (Fsp3) is 0.789. The van der Waals surface area contributed by atoms with E-state index in [0.717, 1.165) is 24.8 Å². The Morgan fingerprint density at radius 3 is 2.45 bits per heavy atom. The van der Waals surface area contributed by atoms with Gasteiger partial charge in [0.15, 0.2) is 5.78 Å². The van der Waals surface area contributed by atoms with Crippen LogP contribution in [-0.4, -0.2) is 18.4 Å². The number of carbonyl (C=O) groups excluding carboxylic acids is 2. The molecule has 0 heterocycles. The van der Waals surface area contributed by atoms with Crippen molar-refractivity contribution in [3.63, 3.8) is 0 Å². The van der Waals surface area contributed by atoms with Crippen LogP contribution in [0.15, 0.2) is 11.6 Å². The Labute approximate surface area is 134 Å². The van der Waals surface area contributed by atoms with Gasteiger partial charge in [-0.2, -0.15) is 0 Å². The number of carbonyl (C=O) groups is 2. The first-order valence-electron chi connectivity index (χ1n) is 8.58. The summed E-state index contributed by atoms with van der Waals surface area (Å²) < 4.78 is 5.21. The molecule has 124 valence electrons. The predicted octanol–water partition coefficient (Wildman–Crippen LogP) is 4.16. The zero-order valence-corrected chi connectivity index (χ0v) is 14.9. The van der Waals surface area contributed by atoms with Gasteiger partial charge in [-0.3, -0.25) is 9.59 Å². The van der Waals surface area contributed by atoms with Crippen LogP contribution in [0.3, 0.4) is 0 Å². The van der Waals surface area contributed by atoms with Gasteiger partial charge in [0.1, 0.15) is 0 Å². The number of Topliss-reactive ketones (excluding diaryl/α,β-unsaturated/α-hetero) is 1. The van der Waals surface area contributed by atoms with Gasteiger partial charge in [0.05, 0.1) is 12.5 Å². The number of ether oxygens (including phenoxy) is 1. The lowest BCUT2D eigenvalue weighted by Crippen LogP contribution is -2.32. The average Bonchev–Trinajstić information content (AvgIpc) is 2.72. The van der Waals surface area contributed by atoms with Crippen molar-refractivity contribution in [3.8, 4) is 0 Å². The van der Waals surface area contributed by atoms with E-state index in [1.165, 1.54) is 0 Å². The topological polar surface area (TPSA) is 43.4 Å². The summed E-state index contributed by atoms with van der Waals surface area (Å²) in [6, 6.07) is 0. The molecule has 2 fully saturated rings. The van der Waals surface area contributed by atoms with Gasteiger partial charge in [-0.15, -0.1) is 0 Å². The average molecular weight is 306 g/mol. The lowest BCUT2D eigenvalue weighted by Gasteiger charge is -2.31. The maximum atomic E-state index is 12.9. The molecule has 0 saturated heterocycles. The lowest BCUT2D eigenvalue weighted by atomic mass is 9.70. The van der Waals surface area contributed by atoms with Crippen molar-refractivity contribution in [2.45, 2.75) is 60.8 Å². The number of allylic oxidation sites excluding steroid dienone is 1. The van der Waals surface area contributed by atoms with Crippen molar-refractivity contribution >= 4 is 11.8 Å². The van der Waals surface area contributed by atoms with Crippen LogP contribution in [0.2, 0.25) is 0 Å². The van der Waals surface area contributed by atoms with E-state index in [1.54, 1.807) is 0 Å². The first kappa shape index (κ1) is 17.2. The van der Waals surface area contributed by atoms with Gasteiger partial charge in [-0.1, -0.05) is 40.7 Å². The lowest BCUT2D eigenvalue weighted by molar-refractivity contribution is -0.146. The third-order valence-electron chi connectivity index (χ3n) is 6.06. The molecular weight excluding hydrogens is 276 g/mol. The summed E-state index contributed by atoms with van der Waals surface area (Å²) in [5, 5.41) is 0. The van der Waals surface area contributed by atoms with Crippen LogP contribution in [0, 0.1) is 28.6 Å². The largest absolute Gasteiger partial charge is 0.466 e. The quantitative estimate of drug-likeness (QED) is 0.566. The number of hydrogen-bond acceptors (Lipinski definition) is 3. The maximum absolute atomic E-state index is 12.9. The second-order valence-corrected chi connectivity index (χ2v) is 8.08. The van der Waals surface area contributed by atoms with Crippen molar-refractivity contribution < 1.29 is 14.3 Å². The molecule has 0 aromatic carbocycles. The van der Waals surface area contributed by atoms with E-state index in [1.807, 2.05) is 13.0 Å². The summed E-state index contributed by atoms with van der Waals surface area (Å²) in [6.45, 7) is 12.9. The van der Waals surface area contributed by atoms with Crippen LogP contribution in [0.5, 0.6) is 0 Å². The van der Waals surface area contributed by atoms with Gasteiger partial charge in [-0.05, 0) is 49.0 Å². The first-order valence-corrected chi connectivity index (χ1v) is 8.58. The Kier molecular flexibility index (Phi) is 4.56. The summed E-state index contributed by atoms with van der Waals surface area (Å²) in [5.41, 5.74) is 0.616.